The molecule has 0 bridgehead atoms. The molecule has 5 aliphatic carbocycles. The fraction of sp³-hybridized carbons (Fsp3) is 0.155. The van der Waals surface area contributed by atoms with Crippen molar-refractivity contribution in [3.05, 3.63) is 265 Å². The summed E-state index contributed by atoms with van der Waals surface area (Å²) in [5.74, 6) is 1.91. The summed E-state index contributed by atoms with van der Waals surface area (Å²) in [7, 11) is 0. The molecule has 5 aliphatic rings. The predicted molar refractivity (Wildman–Crippen MR) is 313 cm³/mol. The molecule has 3 heteroatoms. The van der Waals surface area contributed by atoms with Gasteiger partial charge < -0.3 is 4.57 Å². The van der Waals surface area contributed by atoms with Crippen molar-refractivity contribution in [1.29, 1.82) is 0 Å². The van der Waals surface area contributed by atoms with E-state index in [1.165, 1.54) is 82.1 Å². The highest BCUT2D eigenvalue weighted by molar-refractivity contribution is 6.11. The van der Waals surface area contributed by atoms with E-state index in [9.17, 15) is 0 Å². The van der Waals surface area contributed by atoms with Crippen molar-refractivity contribution < 1.29 is 0 Å². The first-order valence-electron chi connectivity index (χ1n) is 26.6. The van der Waals surface area contributed by atoms with E-state index in [4.69, 9.17) is 9.97 Å². The molecule has 0 aliphatic heterocycles. The maximum atomic E-state index is 5.46. The van der Waals surface area contributed by atoms with Crippen LogP contribution in [0.3, 0.4) is 0 Å². The van der Waals surface area contributed by atoms with Crippen molar-refractivity contribution in [1.82, 2.24) is 14.5 Å². The van der Waals surface area contributed by atoms with Gasteiger partial charge in [0.1, 0.15) is 0 Å². The Balaban J connectivity index is 0.00000128. The summed E-state index contributed by atoms with van der Waals surface area (Å²) in [5, 5.41) is 7.65. The summed E-state index contributed by atoms with van der Waals surface area (Å²) >= 11 is 0. The highest BCUT2D eigenvalue weighted by Crippen LogP contribution is 2.63. The van der Waals surface area contributed by atoms with E-state index in [0.717, 1.165) is 73.3 Å². The lowest BCUT2D eigenvalue weighted by Gasteiger charge is -2.25. The molecule has 0 N–H and O–H groups in total. The fourth-order valence-electron chi connectivity index (χ4n) is 12.5. The molecule has 4 unspecified atom stereocenters. The largest absolute Gasteiger partial charge is 0.310 e. The van der Waals surface area contributed by atoms with Gasteiger partial charge in [-0.25, -0.2) is 9.97 Å². The molecule has 1 saturated carbocycles. The second kappa shape index (κ2) is 19.2. The van der Waals surface area contributed by atoms with Gasteiger partial charge in [0.2, 0.25) is 0 Å². The first kappa shape index (κ1) is 45.5. The number of benzene rings is 7. The van der Waals surface area contributed by atoms with Gasteiger partial charge in [-0.05, 0) is 153 Å². The number of hydrogen-bond acceptors (Lipinski definition) is 2. The molecule has 358 valence electrons. The van der Waals surface area contributed by atoms with Gasteiger partial charge in [0.25, 0.3) is 0 Å². The van der Waals surface area contributed by atoms with Crippen molar-refractivity contribution in [2.75, 3.05) is 0 Å². The van der Waals surface area contributed by atoms with Crippen LogP contribution in [0.15, 0.2) is 232 Å². The molecule has 4 atom stereocenters. The smallest absolute Gasteiger partial charge is 0.159 e. The molecule has 74 heavy (non-hydrogen) atoms. The van der Waals surface area contributed by atoms with Gasteiger partial charge in [0.15, 0.2) is 5.82 Å². The molecule has 3 nitrogen and oxygen atoms in total. The topological polar surface area (TPSA) is 30.7 Å². The zero-order chi connectivity index (χ0) is 49.6. The summed E-state index contributed by atoms with van der Waals surface area (Å²) < 4.78 is 2.44. The Hall–Kier alpha value is -8.40. The highest BCUT2D eigenvalue weighted by Gasteiger charge is 2.53. The Morgan fingerprint density at radius 3 is 2.31 bits per heavy atom. The van der Waals surface area contributed by atoms with E-state index < -0.39 is 0 Å². The molecular weight excluding hydrogens is 895 g/mol. The maximum Gasteiger partial charge on any atom is 0.159 e. The van der Waals surface area contributed by atoms with Crippen molar-refractivity contribution in [2.24, 2.45) is 11.3 Å². The van der Waals surface area contributed by atoms with E-state index in [0.29, 0.717) is 11.8 Å². The number of nitrogens with zero attached hydrogens (tertiary/aromatic N) is 3. The number of allylic oxidation sites excluding steroid dienone is 12. The minimum absolute atomic E-state index is 0.128. The van der Waals surface area contributed by atoms with Crippen LogP contribution in [-0.4, -0.2) is 14.5 Å². The lowest BCUT2D eigenvalue weighted by Crippen LogP contribution is -2.23. The van der Waals surface area contributed by atoms with Gasteiger partial charge in [-0.2, -0.15) is 0 Å². The van der Waals surface area contributed by atoms with Crippen LogP contribution >= 0.6 is 0 Å². The van der Waals surface area contributed by atoms with E-state index in [2.05, 4.69) is 236 Å². The van der Waals surface area contributed by atoms with Crippen LogP contribution in [-0.2, 0) is 6.42 Å². The molecule has 1 fully saturated rings. The van der Waals surface area contributed by atoms with Crippen LogP contribution in [0.1, 0.15) is 73.0 Å². The Morgan fingerprint density at radius 2 is 1.41 bits per heavy atom. The fourth-order valence-corrected chi connectivity index (χ4v) is 12.5. The van der Waals surface area contributed by atoms with Gasteiger partial charge in [-0.15, -0.1) is 0 Å². The number of hydrogen-bond donors (Lipinski definition) is 0. The molecule has 0 spiro atoms. The SMILES string of the molecule is C1=CCC=C(n2c3ccccc3c3cc(-c4ccc5c(c4)C(CC46C=CC(c7nc(-c8ccc9ccccc9c8)cc(C8C=c9ccccc9=CCC8)n7)=CC4C6)CCc4ccccc4-5)ccc32)C=C1.C=CC=C. The molecule has 0 saturated heterocycles. The van der Waals surface area contributed by atoms with Gasteiger partial charge in [0, 0.05) is 33.5 Å². The summed E-state index contributed by atoms with van der Waals surface area (Å²) in [6.07, 6.45) is 34.1. The number of rotatable bonds is 8. The lowest BCUT2D eigenvalue weighted by molar-refractivity contribution is 0.455. The number of fused-ring (bicyclic) bond motifs is 9. The standard InChI is InChI=1S/C67H53N3.C4H6/c1-2-4-22-56(21-3-1)70-64-25-12-11-24-59(64)61-40-50(31-33-65(61)70)49-30-32-58-57-23-10-9-16-46(57)27-29-54(60(58)39-49)42-67-35-34-53(38-55(67)43-67)66-68-62(51-20-13-19-44-14-5-7-17-47(44)36-51)41-63(69-66)52-28-26-45-15-6-8-18-48(45)37-52;1-3-4-2/h1-3,5-12,14-19,21-26,28,30-41,51,54-55H,4,13,20,27,29,42-43H2;3-4H,1-2H2. The summed E-state index contributed by atoms with van der Waals surface area (Å²) in [6.45, 7) is 6.72. The van der Waals surface area contributed by atoms with Crippen LogP contribution in [0.25, 0.3) is 89.5 Å². The second-order valence-electron chi connectivity index (χ2n) is 20.9. The third kappa shape index (κ3) is 8.46. The van der Waals surface area contributed by atoms with Crippen LogP contribution < -0.4 is 10.4 Å². The highest BCUT2D eigenvalue weighted by atomic mass is 15.0. The lowest BCUT2D eigenvalue weighted by atomic mass is 9.79. The molecule has 2 aromatic heterocycles. The minimum atomic E-state index is 0.128. The Morgan fingerprint density at radius 1 is 0.622 bits per heavy atom. The van der Waals surface area contributed by atoms with E-state index >= 15 is 0 Å². The zero-order valence-corrected chi connectivity index (χ0v) is 41.9. The van der Waals surface area contributed by atoms with E-state index in [1.807, 2.05) is 0 Å². The van der Waals surface area contributed by atoms with E-state index in [1.54, 1.807) is 12.2 Å². The van der Waals surface area contributed by atoms with Crippen molar-refractivity contribution in [3.63, 3.8) is 0 Å². The molecule has 9 aromatic rings. The molecule has 7 aromatic carbocycles. The quantitative estimate of drug-likeness (QED) is 0.142. The van der Waals surface area contributed by atoms with Gasteiger partial charge >= 0.3 is 0 Å². The Kier molecular flexibility index (Phi) is 11.8. The molecule has 0 amide bonds. The van der Waals surface area contributed by atoms with Crippen molar-refractivity contribution in [2.45, 2.75) is 56.8 Å². The molecule has 14 rings (SSSR count). The van der Waals surface area contributed by atoms with E-state index in [-0.39, 0.29) is 11.3 Å². The number of aryl methyl sites for hydroxylation is 1. The summed E-state index contributed by atoms with van der Waals surface area (Å²) in [4.78, 5) is 10.9. The van der Waals surface area contributed by atoms with Gasteiger partial charge in [-0.3, -0.25) is 0 Å². The van der Waals surface area contributed by atoms with Crippen molar-refractivity contribution in [3.8, 4) is 33.5 Å². The van der Waals surface area contributed by atoms with Crippen molar-refractivity contribution >= 4 is 56.0 Å². The predicted octanol–water partition coefficient (Wildman–Crippen LogP) is 16.7. The molecular formula is C71H59N3. The Labute approximate surface area is 434 Å². The first-order chi connectivity index (χ1) is 36.5. The van der Waals surface area contributed by atoms with Crippen LogP contribution in [0.5, 0.6) is 0 Å². The van der Waals surface area contributed by atoms with Gasteiger partial charge in [-0.1, -0.05) is 207 Å². The third-order valence-electron chi connectivity index (χ3n) is 16.4. The summed E-state index contributed by atoms with van der Waals surface area (Å²) in [6, 6.07) is 58.9. The molecule has 0 radical (unpaired) electrons. The number of aromatic nitrogens is 3. The van der Waals surface area contributed by atoms with Crippen LogP contribution in [0.4, 0.5) is 0 Å². The third-order valence-corrected chi connectivity index (χ3v) is 16.4. The second-order valence-corrected chi connectivity index (χ2v) is 20.9. The average molecular weight is 954 g/mol. The van der Waals surface area contributed by atoms with Gasteiger partial charge in [0.05, 0.1) is 22.4 Å². The maximum absolute atomic E-state index is 5.46. The molecule has 2 heterocycles. The zero-order valence-electron chi connectivity index (χ0n) is 41.9. The number of para-hydroxylation sites is 1. The average Bonchev–Trinajstić information content (AvgIpc) is 4.27. The van der Waals surface area contributed by atoms with Crippen LogP contribution in [0.2, 0.25) is 0 Å². The minimum Gasteiger partial charge on any atom is -0.310 e. The normalized spacial score (nSPS) is 20.1. The van der Waals surface area contributed by atoms with Crippen LogP contribution in [0, 0.1) is 11.3 Å². The first-order valence-corrected chi connectivity index (χ1v) is 26.6. The summed E-state index contributed by atoms with van der Waals surface area (Å²) in [5.41, 5.74) is 16.5. The monoisotopic (exact) mass is 953 g/mol. The Bertz CT molecular complexity index is 4010.